The highest BCUT2D eigenvalue weighted by molar-refractivity contribution is 5.90. The van der Waals surface area contributed by atoms with Crippen LogP contribution in [0, 0.1) is 0 Å². The van der Waals surface area contributed by atoms with Crippen molar-refractivity contribution in [3.8, 4) is 0 Å². The van der Waals surface area contributed by atoms with Crippen LogP contribution in [-0.4, -0.2) is 14.6 Å². The molecule has 0 amide bonds. The van der Waals surface area contributed by atoms with E-state index in [2.05, 4.69) is 15.6 Å². The summed E-state index contributed by atoms with van der Waals surface area (Å²) in [7, 11) is 0. The Balaban J connectivity index is 2.53. The van der Waals surface area contributed by atoms with Gasteiger partial charge in [0, 0.05) is 5.39 Å². The van der Waals surface area contributed by atoms with Crippen molar-refractivity contribution in [1.29, 1.82) is 0 Å². The second-order valence-electron chi connectivity index (χ2n) is 3.28. The van der Waals surface area contributed by atoms with Crippen molar-refractivity contribution in [3.05, 3.63) is 36.7 Å². The van der Waals surface area contributed by atoms with Crippen LogP contribution in [0.3, 0.4) is 0 Å². The number of nitrogens with zero attached hydrogens (tertiary/aromatic N) is 3. The zero-order valence-electron chi connectivity index (χ0n) is 7.88. The molecule has 0 saturated heterocycles. The van der Waals surface area contributed by atoms with Gasteiger partial charge in [-0.25, -0.2) is 5.84 Å². The van der Waals surface area contributed by atoms with E-state index in [9.17, 15) is 0 Å². The molecule has 0 fully saturated rings. The van der Waals surface area contributed by atoms with E-state index in [-0.39, 0.29) is 0 Å². The number of rotatable bonds is 1. The average Bonchev–Trinajstić information content (AvgIpc) is 2.67. The highest BCUT2D eigenvalue weighted by Crippen LogP contribution is 2.22. The molecule has 2 aromatic heterocycles. The number of nitrogen functional groups attached to an aromatic ring is 1. The molecule has 2 heterocycles. The molecule has 3 rings (SSSR count). The molecular formula is C10H9N5. The standard InChI is InChI=1S/C10H9N5/c11-13-10-9-5-7-3-1-2-4-8(7)15(9)6-12-14-10/h1-6H,11H2,(H,13,14). The lowest BCUT2D eigenvalue weighted by Crippen LogP contribution is -2.10. The van der Waals surface area contributed by atoms with Gasteiger partial charge in [-0.1, -0.05) is 18.2 Å². The molecule has 0 unspecified atom stereocenters. The number of benzene rings is 1. The van der Waals surface area contributed by atoms with Crippen LogP contribution in [-0.2, 0) is 0 Å². The van der Waals surface area contributed by atoms with E-state index in [1.54, 1.807) is 6.33 Å². The van der Waals surface area contributed by atoms with Gasteiger partial charge in [-0.3, -0.25) is 4.40 Å². The highest BCUT2D eigenvalue weighted by atomic mass is 15.3. The van der Waals surface area contributed by atoms with Crippen LogP contribution < -0.4 is 11.3 Å². The summed E-state index contributed by atoms with van der Waals surface area (Å²) < 4.78 is 1.96. The summed E-state index contributed by atoms with van der Waals surface area (Å²) in [6, 6.07) is 10.1. The van der Waals surface area contributed by atoms with E-state index in [0.717, 1.165) is 16.4 Å². The fraction of sp³-hybridized carbons (Fsp3) is 0. The molecule has 5 nitrogen and oxygen atoms in total. The summed E-state index contributed by atoms with van der Waals surface area (Å²) in [4.78, 5) is 0. The van der Waals surface area contributed by atoms with Gasteiger partial charge >= 0.3 is 0 Å². The van der Waals surface area contributed by atoms with E-state index in [1.165, 1.54) is 0 Å². The maximum atomic E-state index is 5.37. The molecule has 0 aliphatic carbocycles. The second-order valence-corrected chi connectivity index (χ2v) is 3.28. The van der Waals surface area contributed by atoms with Crippen molar-refractivity contribution < 1.29 is 0 Å². The maximum Gasteiger partial charge on any atom is 0.187 e. The average molecular weight is 199 g/mol. The topological polar surface area (TPSA) is 68.2 Å². The number of hydrogen-bond acceptors (Lipinski definition) is 4. The Morgan fingerprint density at radius 2 is 2.07 bits per heavy atom. The zero-order chi connectivity index (χ0) is 10.3. The molecule has 15 heavy (non-hydrogen) atoms. The first kappa shape index (κ1) is 8.19. The molecule has 5 heteroatoms. The molecule has 1 aromatic carbocycles. The molecular weight excluding hydrogens is 190 g/mol. The van der Waals surface area contributed by atoms with Crippen LogP contribution in [0.4, 0.5) is 5.82 Å². The Bertz CT molecular complexity index is 628. The minimum Gasteiger partial charge on any atom is -0.305 e. The molecule has 0 spiro atoms. The molecule has 0 aliphatic rings. The van der Waals surface area contributed by atoms with Gasteiger partial charge in [0.1, 0.15) is 6.33 Å². The lowest BCUT2D eigenvalue weighted by atomic mass is 10.2. The van der Waals surface area contributed by atoms with Crippen molar-refractivity contribution in [1.82, 2.24) is 14.6 Å². The van der Waals surface area contributed by atoms with Crippen molar-refractivity contribution in [2.75, 3.05) is 5.43 Å². The predicted octanol–water partition coefficient (Wildman–Crippen LogP) is 1.17. The SMILES string of the molecule is NNc1nncn2c1cc1ccccc12. The zero-order valence-corrected chi connectivity index (χ0v) is 7.88. The molecule has 0 bridgehead atoms. The van der Waals surface area contributed by atoms with Gasteiger partial charge in [0.05, 0.1) is 11.0 Å². The summed E-state index contributed by atoms with van der Waals surface area (Å²) in [5.41, 5.74) is 4.56. The van der Waals surface area contributed by atoms with Gasteiger partial charge in [-0.2, -0.15) is 0 Å². The quantitative estimate of drug-likeness (QED) is 0.456. The fourth-order valence-electron chi connectivity index (χ4n) is 1.77. The van der Waals surface area contributed by atoms with Crippen molar-refractivity contribution in [2.24, 2.45) is 5.84 Å². The van der Waals surface area contributed by atoms with Crippen LogP contribution in [0.2, 0.25) is 0 Å². The van der Waals surface area contributed by atoms with Crippen LogP contribution in [0.1, 0.15) is 0 Å². The molecule has 0 aliphatic heterocycles. The number of para-hydroxylation sites is 1. The van der Waals surface area contributed by atoms with Crippen LogP contribution in [0.15, 0.2) is 36.7 Å². The van der Waals surface area contributed by atoms with Gasteiger partial charge in [-0.15, -0.1) is 10.2 Å². The summed E-state index contributed by atoms with van der Waals surface area (Å²) in [6.45, 7) is 0. The van der Waals surface area contributed by atoms with E-state index < -0.39 is 0 Å². The summed E-state index contributed by atoms with van der Waals surface area (Å²) in [5, 5.41) is 8.93. The second kappa shape index (κ2) is 2.93. The van der Waals surface area contributed by atoms with Crippen molar-refractivity contribution in [2.45, 2.75) is 0 Å². The molecule has 0 radical (unpaired) electrons. The first-order chi connectivity index (χ1) is 7.40. The smallest absolute Gasteiger partial charge is 0.187 e. The number of hydrogen-bond donors (Lipinski definition) is 2. The van der Waals surface area contributed by atoms with Crippen LogP contribution >= 0.6 is 0 Å². The van der Waals surface area contributed by atoms with E-state index >= 15 is 0 Å². The first-order valence-corrected chi connectivity index (χ1v) is 4.58. The van der Waals surface area contributed by atoms with Gasteiger partial charge in [0.2, 0.25) is 0 Å². The van der Waals surface area contributed by atoms with E-state index in [0.29, 0.717) is 5.82 Å². The van der Waals surface area contributed by atoms with Gasteiger partial charge in [-0.05, 0) is 12.1 Å². The van der Waals surface area contributed by atoms with Gasteiger partial charge in [0.15, 0.2) is 5.82 Å². The number of nitrogens with two attached hydrogens (primary N) is 1. The Hall–Kier alpha value is -2.14. The Kier molecular flexibility index (Phi) is 1.60. The first-order valence-electron chi connectivity index (χ1n) is 4.58. The Morgan fingerprint density at radius 1 is 1.20 bits per heavy atom. The molecule has 0 saturated carbocycles. The monoisotopic (exact) mass is 199 g/mol. The number of fused-ring (bicyclic) bond motifs is 3. The predicted molar refractivity (Wildman–Crippen MR) is 58.3 cm³/mol. The van der Waals surface area contributed by atoms with Crippen LogP contribution in [0.25, 0.3) is 16.4 Å². The highest BCUT2D eigenvalue weighted by Gasteiger charge is 2.06. The van der Waals surface area contributed by atoms with Crippen molar-refractivity contribution in [3.63, 3.8) is 0 Å². The lowest BCUT2D eigenvalue weighted by Gasteiger charge is -2.00. The largest absolute Gasteiger partial charge is 0.305 e. The number of hydrazine groups is 1. The molecule has 74 valence electrons. The third-order valence-electron chi connectivity index (χ3n) is 2.45. The number of anilines is 1. The number of nitrogens with one attached hydrogen (secondary N) is 1. The van der Waals surface area contributed by atoms with Gasteiger partial charge < -0.3 is 5.43 Å². The van der Waals surface area contributed by atoms with E-state index in [1.807, 2.05) is 34.7 Å². The molecule has 3 N–H and O–H groups in total. The third-order valence-corrected chi connectivity index (χ3v) is 2.45. The minimum absolute atomic E-state index is 0.577. The minimum atomic E-state index is 0.577. The van der Waals surface area contributed by atoms with E-state index in [4.69, 9.17) is 5.84 Å². The van der Waals surface area contributed by atoms with Gasteiger partial charge in [0.25, 0.3) is 0 Å². The number of aromatic nitrogens is 3. The Morgan fingerprint density at radius 3 is 2.93 bits per heavy atom. The summed E-state index contributed by atoms with van der Waals surface area (Å²) in [5.74, 6) is 5.95. The van der Waals surface area contributed by atoms with Crippen LogP contribution in [0.5, 0.6) is 0 Å². The summed E-state index contributed by atoms with van der Waals surface area (Å²) in [6.07, 6.45) is 1.68. The molecule has 3 aromatic rings. The summed E-state index contributed by atoms with van der Waals surface area (Å²) >= 11 is 0. The lowest BCUT2D eigenvalue weighted by molar-refractivity contribution is 0.959. The van der Waals surface area contributed by atoms with Crippen molar-refractivity contribution >= 4 is 22.2 Å². The normalized spacial score (nSPS) is 11.0. The molecule has 0 atom stereocenters. The maximum absolute atomic E-state index is 5.37. The Labute approximate surface area is 85.5 Å². The third kappa shape index (κ3) is 1.07. The fourth-order valence-corrected chi connectivity index (χ4v) is 1.77.